The van der Waals surface area contributed by atoms with E-state index in [2.05, 4.69) is 29.6 Å². The standard InChI is InChI=1S/C25H28O12/c1-5-17-7-11-19(12-8-17)21(26)32-36-34-23(28)30-15-25(3,4)16-31-24(29)35-37-33-22(27)20-13-9-18(6-2)10-14-20/h7-14H,5-6,15-16H2,1-4H3. The first-order valence-corrected chi connectivity index (χ1v) is 11.3. The van der Waals surface area contributed by atoms with Crippen molar-refractivity contribution in [3.63, 3.8) is 0 Å². The van der Waals surface area contributed by atoms with Crippen LogP contribution in [0.3, 0.4) is 0 Å². The van der Waals surface area contributed by atoms with Gasteiger partial charge in [-0.3, -0.25) is 9.78 Å². The lowest BCUT2D eigenvalue weighted by Crippen LogP contribution is -2.29. The van der Waals surface area contributed by atoms with Crippen molar-refractivity contribution in [1.82, 2.24) is 0 Å². The minimum Gasteiger partial charge on any atom is -0.432 e. The van der Waals surface area contributed by atoms with Gasteiger partial charge in [-0.1, -0.05) is 52.0 Å². The van der Waals surface area contributed by atoms with Crippen LogP contribution in [0.25, 0.3) is 0 Å². The Morgan fingerprint density at radius 1 is 0.595 bits per heavy atom. The van der Waals surface area contributed by atoms with Crippen LogP contribution in [0.5, 0.6) is 0 Å². The van der Waals surface area contributed by atoms with E-state index in [9.17, 15) is 19.2 Å². The first-order valence-electron chi connectivity index (χ1n) is 11.3. The van der Waals surface area contributed by atoms with Gasteiger partial charge in [0.15, 0.2) is 0 Å². The monoisotopic (exact) mass is 520 g/mol. The van der Waals surface area contributed by atoms with Gasteiger partial charge in [-0.25, -0.2) is 29.0 Å². The quantitative estimate of drug-likeness (QED) is 0.214. The third-order valence-corrected chi connectivity index (χ3v) is 4.78. The van der Waals surface area contributed by atoms with Gasteiger partial charge < -0.3 is 9.47 Å². The summed E-state index contributed by atoms with van der Waals surface area (Å²) in [5.41, 5.74) is 1.56. The average Bonchev–Trinajstić information content (AvgIpc) is 2.91. The molecule has 0 N–H and O–H groups in total. The number of rotatable bonds is 12. The summed E-state index contributed by atoms with van der Waals surface area (Å²) in [6.45, 7) is 6.57. The molecule has 0 aliphatic heterocycles. The van der Waals surface area contributed by atoms with Gasteiger partial charge >= 0.3 is 24.2 Å². The molecule has 0 bridgehead atoms. The van der Waals surface area contributed by atoms with E-state index in [4.69, 9.17) is 9.47 Å². The van der Waals surface area contributed by atoms with Crippen molar-refractivity contribution >= 4 is 24.2 Å². The molecule has 0 aliphatic carbocycles. The number of hydrogen-bond acceptors (Lipinski definition) is 12. The molecule has 0 saturated heterocycles. The van der Waals surface area contributed by atoms with Crippen LogP contribution in [-0.4, -0.2) is 37.5 Å². The van der Waals surface area contributed by atoms with E-state index in [1.807, 2.05) is 13.8 Å². The zero-order valence-corrected chi connectivity index (χ0v) is 20.8. The third kappa shape index (κ3) is 10.5. The highest BCUT2D eigenvalue weighted by atomic mass is 17.5. The van der Waals surface area contributed by atoms with Gasteiger partial charge in [0.1, 0.15) is 13.2 Å². The Labute approximate surface area is 213 Å². The zero-order chi connectivity index (χ0) is 27.3. The Kier molecular flexibility index (Phi) is 11.3. The number of carbonyl (C=O) groups is 4. The van der Waals surface area contributed by atoms with E-state index >= 15 is 0 Å². The summed E-state index contributed by atoms with van der Waals surface area (Å²) < 4.78 is 9.65. The Morgan fingerprint density at radius 2 is 0.946 bits per heavy atom. The third-order valence-electron chi connectivity index (χ3n) is 4.78. The van der Waals surface area contributed by atoms with Crippen molar-refractivity contribution in [2.75, 3.05) is 13.2 Å². The summed E-state index contributed by atoms with van der Waals surface area (Å²) in [5.74, 6) is -1.74. The molecule has 2 rings (SSSR count). The lowest BCUT2D eigenvalue weighted by molar-refractivity contribution is -0.453. The second kappa shape index (κ2) is 14.4. The molecular formula is C25H28O12. The highest BCUT2D eigenvalue weighted by Gasteiger charge is 2.25. The predicted molar refractivity (Wildman–Crippen MR) is 123 cm³/mol. The van der Waals surface area contributed by atoms with Gasteiger partial charge in [-0.2, -0.15) is 0 Å². The fourth-order valence-corrected chi connectivity index (χ4v) is 2.60. The number of benzene rings is 2. The van der Waals surface area contributed by atoms with Crippen LogP contribution in [0.2, 0.25) is 0 Å². The molecule has 0 aromatic heterocycles. The molecule has 0 aliphatic rings. The molecule has 2 aromatic carbocycles. The van der Waals surface area contributed by atoms with E-state index in [-0.39, 0.29) is 24.3 Å². The summed E-state index contributed by atoms with van der Waals surface area (Å²) in [4.78, 5) is 64.1. The first kappa shape index (κ1) is 29.1. The average molecular weight is 520 g/mol. The smallest absolute Gasteiger partial charge is 0.432 e. The number of hydrogen-bond donors (Lipinski definition) is 0. The number of aryl methyl sites for hydroxylation is 2. The van der Waals surface area contributed by atoms with Crippen LogP contribution in [0.15, 0.2) is 48.5 Å². The van der Waals surface area contributed by atoms with Gasteiger partial charge in [-0.05, 0) is 48.2 Å². The molecule has 0 saturated carbocycles. The molecule has 0 radical (unpaired) electrons. The Hall–Kier alpha value is -4.16. The van der Waals surface area contributed by atoms with Crippen molar-refractivity contribution in [2.24, 2.45) is 5.41 Å². The van der Waals surface area contributed by atoms with Crippen LogP contribution in [-0.2, 0) is 51.9 Å². The number of carbonyl (C=O) groups excluding carboxylic acids is 4. The fraction of sp³-hybridized carbons (Fsp3) is 0.360. The molecule has 0 amide bonds. The lowest BCUT2D eigenvalue weighted by atomic mass is 9.96. The Morgan fingerprint density at radius 3 is 1.27 bits per heavy atom. The van der Waals surface area contributed by atoms with Gasteiger partial charge in [0, 0.05) is 5.41 Å². The van der Waals surface area contributed by atoms with Crippen LogP contribution < -0.4 is 0 Å². The van der Waals surface area contributed by atoms with Crippen molar-refractivity contribution in [1.29, 1.82) is 0 Å². The second-order valence-corrected chi connectivity index (χ2v) is 8.39. The molecule has 200 valence electrons. The molecule has 0 atom stereocenters. The largest absolute Gasteiger partial charge is 0.543 e. The summed E-state index contributed by atoms with van der Waals surface area (Å²) in [6.07, 6.45) is -0.985. The van der Waals surface area contributed by atoms with E-state index in [1.165, 1.54) is 24.3 Å². The minimum atomic E-state index is -1.30. The topological polar surface area (TPSA) is 142 Å². The van der Waals surface area contributed by atoms with Gasteiger partial charge in [0.05, 0.1) is 21.2 Å². The highest BCUT2D eigenvalue weighted by Crippen LogP contribution is 2.17. The molecule has 0 spiro atoms. The highest BCUT2D eigenvalue weighted by molar-refractivity contribution is 5.89. The van der Waals surface area contributed by atoms with Crippen molar-refractivity contribution in [2.45, 2.75) is 40.5 Å². The molecule has 2 aromatic rings. The SMILES string of the molecule is CCc1ccc(C(=O)OOOC(=O)OCC(C)(C)COC(=O)OOOC(=O)c2ccc(CC)cc2)cc1. The summed E-state index contributed by atoms with van der Waals surface area (Å²) >= 11 is 0. The second-order valence-electron chi connectivity index (χ2n) is 8.39. The summed E-state index contributed by atoms with van der Waals surface area (Å²) in [5, 5.41) is 8.30. The van der Waals surface area contributed by atoms with Gasteiger partial charge in [0.25, 0.3) is 0 Å². The van der Waals surface area contributed by atoms with E-state index < -0.39 is 29.7 Å². The van der Waals surface area contributed by atoms with Crippen molar-refractivity contribution in [3.8, 4) is 0 Å². The van der Waals surface area contributed by atoms with Crippen LogP contribution in [0, 0.1) is 5.41 Å². The normalized spacial score (nSPS) is 10.7. The molecule has 0 heterocycles. The molecule has 37 heavy (non-hydrogen) atoms. The molecular weight excluding hydrogens is 492 g/mol. The van der Waals surface area contributed by atoms with Gasteiger partial charge in [0.2, 0.25) is 0 Å². The van der Waals surface area contributed by atoms with E-state index in [0.29, 0.717) is 0 Å². The van der Waals surface area contributed by atoms with Crippen LogP contribution in [0.4, 0.5) is 9.59 Å². The maximum Gasteiger partial charge on any atom is 0.543 e. The predicted octanol–water partition coefficient (Wildman–Crippen LogP) is 4.85. The Balaban J connectivity index is 1.60. The zero-order valence-electron chi connectivity index (χ0n) is 20.8. The van der Waals surface area contributed by atoms with Crippen LogP contribution in [0.1, 0.15) is 59.5 Å². The molecule has 12 nitrogen and oxygen atoms in total. The van der Waals surface area contributed by atoms with E-state index in [0.717, 1.165) is 24.0 Å². The molecule has 0 unspecified atom stereocenters. The number of ether oxygens (including phenoxy) is 2. The van der Waals surface area contributed by atoms with Crippen LogP contribution >= 0.6 is 0 Å². The summed E-state index contributed by atoms with van der Waals surface area (Å²) in [6, 6.07) is 13.1. The fourth-order valence-electron chi connectivity index (χ4n) is 2.60. The molecule has 0 fully saturated rings. The summed E-state index contributed by atoms with van der Waals surface area (Å²) in [7, 11) is 0. The lowest BCUT2D eigenvalue weighted by Gasteiger charge is -2.22. The maximum absolute atomic E-state index is 11.8. The minimum absolute atomic E-state index is 0.198. The van der Waals surface area contributed by atoms with Crippen molar-refractivity contribution < 1.29 is 58.3 Å². The van der Waals surface area contributed by atoms with Crippen molar-refractivity contribution in [3.05, 3.63) is 70.8 Å². The van der Waals surface area contributed by atoms with E-state index in [1.54, 1.807) is 38.1 Å². The maximum atomic E-state index is 11.8. The molecule has 12 heteroatoms. The van der Waals surface area contributed by atoms with Gasteiger partial charge in [-0.15, -0.1) is 0 Å². The Bertz CT molecular complexity index is 961. The first-order chi connectivity index (χ1) is 17.6.